The Kier molecular flexibility index (Phi) is 3.28. The minimum Gasteiger partial charge on any atom is -0.394 e. The number of nitrogens with zero attached hydrogens (tertiary/aromatic N) is 4. The number of aliphatic hydroxyl groups is 1. The van der Waals surface area contributed by atoms with Gasteiger partial charge in [-0.2, -0.15) is 10.1 Å². The summed E-state index contributed by atoms with van der Waals surface area (Å²) < 4.78 is 1.62. The molecule has 0 aliphatic rings. The van der Waals surface area contributed by atoms with Gasteiger partial charge >= 0.3 is 0 Å². The van der Waals surface area contributed by atoms with E-state index in [2.05, 4.69) is 15.1 Å². The molecule has 7 heteroatoms. The Balaban J connectivity index is 2.63. The van der Waals surface area contributed by atoms with Gasteiger partial charge in [-0.05, 0) is 18.0 Å². The van der Waals surface area contributed by atoms with Crippen LogP contribution >= 0.6 is 23.2 Å². The topological polar surface area (TPSA) is 63.8 Å². The number of aliphatic hydroxyl groups excluding tert-OH is 1. The summed E-state index contributed by atoms with van der Waals surface area (Å²) in [5.74, 6) is 0. The van der Waals surface area contributed by atoms with Crippen LogP contribution in [0.3, 0.4) is 0 Å². The first-order valence-corrected chi connectivity index (χ1v) is 5.60. The fourth-order valence-electron chi connectivity index (χ4n) is 1.51. The lowest BCUT2D eigenvalue weighted by atomic mass is 10.2. The van der Waals surface area contributed by atoms with Gasteiger partial charge in [0, 0.05) is 0 Å². The highest BCUT2D eigenvalue weighted by Gasteiger charge is 2.16. The molecule has 16 heavy (non-hydrogen) atoms. The Hall–Kier alpha value is -0.910. The number of rotatable bonds is 3. The van der Waals surface area contributed by atoms with Gasteiger partial charge in [-0.25, -0.2) is 9.67 Å². The second-order valence-corrected chi connectivity index (χ2v) is 4.05. The summed E-state index contributed by atoms with van der Waals surface area (Å²) in [4.78, 5) is 7.90. The second-order valence-electron chi connectivity index (χ2n) is 3.35. The first-order chi connectivity index (χ1) is 7.67. The molecule has 2 aromatic rings. The van der Waals surface area contributed by atoms with Crippen LogP contribution in [0.1, 0.15) is 19.4 Å². The molecule has 0 aliphatic heterocycles. The lowest BCUT2D eigenvalue weighted by molar-refractivity contribution is 0.217. The van der Waals surface area contributed by atoms with Crippen molar-refractivity contribution in [3.05, 3.63) is 16.6 Å². The summed E-state index contributed by atoms with van der Waals surface area (Å²) in [7, 11) is 0. The quantitative estimate of drug-likeness (QED) is 0.678. The Morgan fingerprint density at radius 2 is 2.19 bits per heavy atom. The zero-order valence-electron chi connectivity index (χ0n) is 8.56. The molecule has 0 saturated heterocycles. The van der Waals surface area contributed by atoms with E-state index in [-0.39, 0.29) is 23.1 Å². The fourth-order valence-corrected chi connectivity index (χ4v) is 1.93. The third-order valence-electron chi connectivity index (χ3n) is 2.41. The Morgan fingerprint density at radius 1 is 1.44 bits per heavy atom. The van der Waals surface area contributed by atoms with Crippen molar-refractivity contribution < 1.29 is 5.11 Å². The molecule has 0 spiro atoms. The van der Waals surface area contributed by atoms with Crippen molar-refractivity contribution in [1.29, 1.82) is 0 Å². The zero-order valence-corrected chi connectivity index (χ0v) is 10.1. The van der Waals surface area contributed by atoms with Gasteiger partial charge < -0.3 is 5.11 Å². The third kappa shape index (κ3) is 1.86. The molecule has 86 valence electrons. The molecule has 0 fully saturated rings. The van der Waals surface area contributed by atoms with Crippen LogP contribution in [0.25, 0.3) is 11.0 Å². The van der Waals surface area contributed by atoms with E-state index < -0.39 is 0 Å². The average molecular weight is 261 g/mol. The Labute approximate surface area is 102 Å². The molecule has 0 amide bonds. The predicted molar refractivity (Wildman–Crippen MR) is 61.8 cm³/mol. The highest BCUT2D eigenvalue weighted by Crippen LogP contribution is 2.24. The van der Waals surface area contributed by atoms with Crippen LogP contribution in [0.15, 0.2) is 6.20 Å². The molecular weight excluding hydrogens is 251 g/mol. The van der Waals surface area contributed by atoms with Crippen LogP contribution in [0.5, 0.6) is 0 Å². The van der Waals surface area contributed by atoms with E-state index in [1.54, 1.807) is 10.9 Å². The third-order valence-corrected chi connectivity index (χ3v) is 2.86. The van der Waals surface area contributed by atoms with Gasteiger partial charge in [-0.1, -0.05) is 18.5 Å². The molecule has 0 radical (unpaired) electrons. The Bertz CT molecular complexity index is 509. The zero-order chi connectivity index (χ0) is 11.7. The van der Waals surface area contributed by atoms with Crippen molar-refractivity contribution in [2.75, 3.05) is 6.61 Å². The van der Waals surface area contributed by atoms with Crippen molar-refractivity contribution in [3.63, 3.8) is 0 Å². The van der Waals surface area contributed by atoms with Gasteiger partial charge in [0.2, 0.25) is 5.28 Å². The largest absolute Gasteiger partial charge is 0.394 e. The molecule has 1 atom stereocenters. The van der Waals surface area contributed by atoms with E-state index >= 15 is 0 Å². The molecule has 1 N–H and O–H groups in total. The summed E-state index contributed by atoms with van der Waals surface area (Å²) in [6, 6.07) is -0.125. The van der Waals surface area contributed by atoms with Crippen LogP contribution in [-0.4, -0.2) is 31.5 Å². The van der Waals surface area contributed by atoms with Crippen molar-refractivity contribution in [1.82, 2.24) is 19.7 Å². The minimum atomic E-state index is -0.125. The van der Waals surface area contributed by atoms with Crippen molar-refractivity contribution in [2.24, 2.45) is 0 Å². The summed E-state index contributed by atoms with van der Waals surface area (Å²) in [6.07, 6.45) is 2.32. The molecule has 5 nitrogen and oxygen atoms in total. The van der Waals surface area contributed by atoms with Gasteiger partial charge in [-0.3, -0.25) is 0 Å². The number of hydrogen-bond donors (Lipinski definition) is 1. The van der Waals surface area contributed by atoms with Gasteiger partial charge in [-0.15, -0.1) is 0 Å². The number of aromatic nitrogens is 4. The fraction of sp³-hybridized carbons (Fsp3) is 0.444. The van der Waals surface area contributed by atoms with Gasteiger partial charge in [0.05, 0.1) is 24.2 Å². The Morgan fingerprint density at radius 3 is 2.81 bits per heavy atom. The standard InChI is InChI=1S/C9H10Cl2N4O/c1-2-5(4-16)15-8-6(3-12-15)7(10)13-9(11)14-8/h3,5,16H,2,4H2,1H3. The number of fused-ring (bicyclic) bond motifs is 1. The van der Waals surface area contributed by atoms with Gasteiger partial charge in [0.25, 0.3) is 0 Å². The summed E-state index contributed by atoms with van der Waals surface area (Å²) in [6.45, 7) is 1.95. The average Bonchev–Trinajstić information content (AvgIpc) is 2.64. The maximum absolute atomic E-state index is 9.23. The summed E-state index contributed by atoms with van der Waals surface area (Å²) >= 11 is 11.6. The maximum atomic E-state index is 9.23. The molecule has 0 bridgehead atoms. The lowest BCUT2D eigenvalue weighted by Crippen LogP contribution is -2.14. The van der Waals surface area contributed by atoms with E-state index in [9.17, 15) is 5.11 Å². The van der Waals surface area contributed by atoms with Crippen LogP contribution in [-0.2, 0) is 0 Å². The number of halogens is 2. The molecular formula is C9H10Cl2N4O. The SMILES string of the molecule is CCC(CO)n1ncc2c(Cl)nc(Cl)nc21. The number of hydrogen-bond acceptors (Lipinski definition) is 4. The van der Waals surface area contributed by atoms with Crippen LogP contribution in [0.4, 0.5) is 0 Å². The highest BCUT2D eigenvalue weighted by atomic mass is 35.5. The van der Waals surface area contributed by atoms with Crippen molar-refractivity contribution in [3.8, 4) is 0 Å². The molecule has 2 aromatic heterocycles. The van der Waals surface area contributed by atoms with E-state index in [1.165, 1.54) is 0 Å². The van der Waals surface area contributed by atoms with E-state index in [0.717, 1.165) is 6.42 Å². The minimum absolute atomic E-state index is 0.00742. The highest BCUT2D eigenvalue weighted by molar-refractivity contribution is 6.35. The molecule has 1 unspecified atom stereocenters. The smallest absolute Gasteiger partial charge is 0.225 e. The monoisotopic (exact) mass is 260 g/mol. The van der Waals surface area contributed by atoms with Crippen molar-refractivity contribution in [2.45, 2.75) is 19.4 Å². The summed E-state index contributed by atoms with van der Waals surface area (Å²) in [5.41, 5.74) is 0.547. The van der Waals surface area contributed by atoms with Crippen LogP contribution in [0, 0.1) is 0 Å². The van der Waals surface area contributed by atoms with E-state index in [4.69, 9.17) is 23.2 Å². The molecule has 2 heterocycles. The second kappa shape index (κ2) is 4.53. The molecule has 2 rings (SSSR count). The predicted octanol–water partition coefficient (Wildman–Crippen LogP) is 2.08. The normalized spacial score (nSPS) is 13.2. The van der Waals surface area contributed by atoms with E-state index in [1.807, 2.05) is 6.92 Å². The van der Waals surface area contributed by atoms with Gasteiger partial charge in [0.1, 0.15) is 5.15 Å². The maximum Gasteiger partial charge on any atom is 0.225 e. The van der Waals surface area contributed by atoms with Crippen molar-refractivity contribution >= 4 is 34.2 Å². The lowest BCUT2D eigenvalue weighted by Gasteiger charge is -2.12. The molecule has 0 aliphatic carbocycles. The first kappa shape index (κ1) is 11.6. The first-order valence-electron chi connectivity index (χ1n) is 4.84. The summed E-state index contributed by atoms with van der Waals surface area (Å²) in [5, 5.41) is 14.4. The molecule has 0 aromatic carbocycles. The van der Waals surface area contributed by atoms with Crippen LogP contribution < -0.4 is 0 Å². The van der Waals surface area contributed by atoms with Crippen LogP contribution in [0.2, 0.25) is 10.4 Å². The van der Waals surface area contributed by atoms with E-state index in [0.29, 0.717) is 11.0 Å². The van der Waals surface area contributed by atoms with Gasteiger partial charge in [0.15, 0.2) is 5.65 Å². The molecule has 0 saturated carbocycles.